The van der Waals surface area contributed by atoms with Crippen LogP contribution in [0.15, 0.2) is 34.7 Å². The van der Waals surface area contributed by atoms with E-state index in [4.69, 9.17) is 9.68 Å². The summed E-state index contributed by atoms with van der Waals surface area (Å²) in [5.74, 6) is -0.255. The number of benzene rings is 1. The molecule has 0 unspecified atom stereocenters. The average molecular weight is 460 g/mol. The number of hydrogen-bond donors (Lipinski definition) is 0. The molecule has 0 atom stereocenters. The molecule has 2 aromatic rings. The standard InChI is InChI=1S/C18H13F9N2O2/c19-16(20,21)9-29(12-2-1-11(6-28)15(5-12)18(25,26)27)7-13-3-4-14(31-13)8-30-10-17(22,23)24/h1-5H,7-10H2. The molecule has 0 saturated carbocycles. The van der Waals surface area contributed by atoms with Crippen LogP contribution in [0.1, 0.15) is 22.6 Å². The number of furan rings is 1. The van der Waals surface area contributed by atoms with E-state index in [0.717, 1.165) is 12.1 Å². The quantitative estimate of drug-likeness (QED) is 0.489. The molecule has 0 radical (unpaired) electrons. The molecule has 170 valence electrons. The summed E-state index contributed by atoms with van der Waals surface area (Å²) in [6, 6.07) is 5.77. The molecule has 0 fully saturated rings. The van der Waals surface area contributed by atoms with Gasteiger partial charge in [-0.3, -0.25) is 0 Å². The van der Waals surface area contributed by atoms with Crippen molar-refractivity contribution in [2.45, 2.75) is 31.7 Å². The summed E-state index contributed by atoms with van der Waals surface area (Å²) in [6.07, 6.45) is -14.3. The first-order valence-corrected chi connectivity index (χ1v) is 8.33. The lowest BCUT2D eigenvalue weighted by Gasteiger charge is -2.26. The molecule has 1 aromatic carbocycles. The number of alkyl halides is 9. The second kappa shape index (κ2) is 9.09. The van der Waals surface area contributed by atoms with E-state index >= 15 is 0 Å². The molecular weight excluding hydrogens is 447 g/mol. The lowest BCUT2D eigenvalue weighted by Crippen LogP contribution is -2.34. The molecule has 13 heteroatoms. The van der Waals surface area contributed by atoms with Crippen LogP contribution in [0, 0.1) is 11.3 Å². The molecule has 4 nitrogen and oxygen atoms in total. The highest BCUT2D eigenvalue weighted by molar-refractivity contribution is 5.55. The minimum absolute atomic E-state index is 0.109. The molecular formula is C18H13F9N2O2. The van der Waals surface area contributed by atoms with Gasteiger partial charge in [0.2, 0.25) is 0 Å². The van der Waals surface area contributed by atoms with E-state index < -0.39 is 61.6 Å². The number of halogens is 9. The first kappa shape index (κ1) is 24.4. The van der Waals surface area contributed by atoms with Gasteiger partial charge in [-0.2, -0.15) is 44.8 Å². The number of nitriles is 1. The molecule has 0 saturated heterocycles. The van der Waals surface area contributed by atoms with Gasteiger partial charge in [0.05, 0.1) is 23.7 Å². The second-order valence-corrected chi connectivity index (χ2v) is 6.29. The van der Waals surface area contributed by atoms with Crippen molar-refractivity contribution in [2.24, 2.45) is 0 Å². The smallest absolute Gasteiger partial charge is 0.417 e. The first-order chi connectivity index (χ1) is 14.2. The number of anilines is 1. The number of rotatable bonds is 7. The molecule has 1 heterocycles. The van der Waals surface area contributed by atoms with Gasteiger partial charge in [-0.1, -0.05) is 0 Å². The van der Waals surface area contributed by atoms with Crippen molar-refractivity contribution in [1.29, 1.82) is 5.26 Å². The van der Waals surface area contributed by atoms with Crippen molar-refractivity contribution in [3.8, 4) is 6.07 Å². The zero-order valence-corrected chi connectivity index (χ0v) is 15.3. The third-order valence-electron chi connectivity index (χ3n) is 3.74. The Balaban J connectivity index is 2.26. The van der Waals surface area contributed by atoms with Gasteiger partial charge in [0.15, 0.2) is 0 Å². The van der Waals surface area contributed by atoms with Crippen LogP contribution in [0.25, 0.3) is 0 Å². The van der Waals surface area contributed by atoms with Gasteiger partial charge in [-0.25, -0.2) is 0 Å². The van der Waals surface area contributed by atoms with Gasteiger partial charge in [-0.05, 0) is 30.3 Å². The highest BCUT2D eigenvalue weighted by atomic mass is 19.4. The van der Waals surface area contributed by atoms with E-state index in [0.29, 0.717) is 11.0 Å². The van der Waals surface area contributed by atoms with Crippen LogP contribution in [0.2, 0.25) is 0 Å². The minimum Gasteiger partial charge on any atom is -0.462 e. The van der Waals surface area contributed by atoms with Crippen molar-refractivity contribution in [1.82, 2.24) is 0 Å². The summed E-state index contributed by atoms with van der Waals surface area (Å²) in [5, 5.41) is 8.82. The Morgan fingerprint density at radius 2 is 1.55 bits per heavy atom. The molecule has 0 N–H and O–H groups in total. The van der Waals surface area contributed by atoms with Gasteiger partial charge in [0, 0.05) is 5.69 Å². The van der Waals surface area contributed by atoms with Crippen LogP contribution in [0.5, 0.6) is 0 Å². The molecule has 0 bridgehead atoms. The van der Waals surface area contributed by atoms with Crippen LogP contribution in [0.4, 0.5) is 45.2 Å². The SMILES string of the molecule is N#Cc1ccc(N(Cc2ccc(COCC(F)(F)F)o2)CC(F)(F)F)cc1C(F)(F)F. The van der Waals surface area contributed by atoms with E-state index in [-0.39, 0.29) is 11.5 Å². The molecule has 0 aliphatic rings. The van der Waals surface area contributed by atoms with Crippen molar-refractivity contribution < 1.29 is 48.7 Å². The number of ether oxygens (including phenoxy) is 1. The maximum absolute atomic E-state index is 13.1. The van der Waals surface area contributed by atoms with E-state index in [1.165, 1.54) is 18.2 Å². The summed E-state index contributed by atoms with van der Waals surface area (Å²) >= 11 is 0. The maximum atomic E-state index is 13.1. The van der Waals surface area contributed by atoms with Crippen LogP contribution in [-0.2, 0) is 24.1 Å². The molecule has 1 aromatic heterocycles. The van der Waals surface area contributed by atoms with Crippen LogP contribution < -0.4 is 4.90 Å². The lowest BCUT2D eigenvalue weighted by atomic mass is 10.1. The van der Waals surface area contributed by atoms with Gasteiger partial charge in [0.25, 0.3) is 0 Å². The molecule has 31 heavy (non-hydrogen) atoms. The lowest BCUT2D eigenvalue weighted by molar-refractivity contribution is -0.177. The maximum Gasteiger partial charge on any atom is 0.417 e. The Labute approximate surface area is 169 Å². The van der Waals surface area contributed by atoms with Gasteiger partial charge in [-0.15, -0.1) is 0 Å². The van der Waals surface area contributed by atoms with E-state index in [9.17, 15) is 39.5 Å². The van der Waals surface area contributed by atoms with Gasteiger partial charge < -0.3 is 14.1 Å². The highest BCUT2D eigenvalue weighted by Crippen LogP contribution is 2.35. The third kappa shape index (κ3) is 7.71. The van der Waals surface area contributed by atoms with Crippen molar-refractivity contribution in [3.05, 3.63) is 53.0 Å². The molecule has 0 aliphatic carbocycles. The number of hydrogen-bond acceptors (Lipinski definition) is 4. The Bertz CT molecular complexity index is 924. The summed E-state index contributed by atoms with van der Waals surface area (Å²) < 4.78 is 124. The van der Waals surface area contributed by atoms with Gasteiger partial charge in [0.1, 0.15) is 31.3 Å². The summed E-state index contributed by atoms with van der Waals surface area (Å²) in [7, 11) is 0. The fraction of sp³-hybridized carbons (Fsp3) is 0.389. The van der Waals surface area contributed by atoms with Gasteiger partial charge >= 0.3 is 18.5 Å². The Morgan fingerprint density at radius 1 is 0.903 bits per heavy atom. The van der Waals surface area contributed by atoms with Crippen LogP contribution in [0.3, 0.4) is 0 Å². The fourth-order valence-corrected chi connectivity index (χ4v) is 2.56. The van der Waals surface area contributed by atoms with Crippen molar-refractivity contribution >= 4 is 5.69 Å². The zero-order chi connectivity index (χ0) is 23.4. The predicted molar refractivity (Wildman–Crippen MR) is 87.7 cm³/mol. The predicted octanol–water partition coefficient (Wildman–Crippen LogP) is 5.82. The Morgan fingerprint density at radius 3 is 2.10 bits per heavy atom. The first-order valence-electron chi connectivity index (χ1n) is 8.33. The fourth-order valence-electron chi connectivity index (χ4n) is 2.56. The highest BCUT2D eigenvalue weighted by Gasteiger charge is 2.36. The number of nitrogens with zero attached hydrogens (tertiary/aromatic N) is 2. The van der Waals surface area contributed by atoms with E-state index in [1.807, 2.05) is 0 Å². The largest absolute Gasteiger partial charge is 0.462 e. The molecule has 0 spiro atoms. The average Bonchev–Trinajstić information content (AvgIpc) is 3.05. The summed E-state index contributed by atoms with van der Waals surface area (Å²) in [6.45, 7) is -4.44. The van der Waals surface area contributed by atoms with E-state index in [2.05, 4.69) is 4.74 Å². The van der Waals surface area contributed by atoms with Crippen molar-refractivity contribution in [3.63, 3.8) is 0 Å². The molecule has 0 amide bonds. The normalized spacial score (nSPS) is 12.6. The van der Waals surface area contributed by atoms with E-state index in [1.54, 1.807) is 0 Å². The van der Waals surface area contributed by atoms with Crippen LogP contribution >= 0.6 is 0 Å². The summed E-state index contributed by atoms with van der Waals surface area (Å²) in [5.41, 5.74) is -2.64. The zero-order valence-electron chi connectivity index (χ0n) is 15.3. The third-order valence-corrected chi connectivity index (χ3v) is 3.74. The summed E-state index contributed by atoms with van der Waals surface area (Å²) in [4.78, 5) is 0.537. The Kier molecular flexibility index (Phi) is 7.15. The van der Waals surface area contributed by atoms with Crippen molar-refractivity contribution in [2.75, 3.05) is 18.1 Å². The topological polar surface area (TPSA) is 49.4 Å². The second-order valence-electron chi connectivity index (χ2n) is 6.29. The minimum atomic E-state index is -4.97. The Hall–Kier alpha value is -2.88. The molecule has 0 aliphatic heterocycles. The monoisotopic (exact) mass is 460 g/mol. The molecule has 2 rings (SSSR count). The van der Waals surface area contributed by atoms with Crippen LogP contribution in [-0.4, -0.2) is 25.5 Å².